The van der Waals surface area contributed by atoms with Crippen molar-refractivity contribution in [3.05, 3.63) is 29.3 Å². The summed E-state index contributed by atoms with van der Waals surface area (Å²) in [5, 5.41) is 3.32. The predicted molar refractivity (Wildman–Crippen MR) is 104 cm³/mol. The molecule has 0 amide bonds. The van der Waals surface area contributed by atoms with Gasteiger partial charge in [0.25, 0.3) is 0 Å². The van der Waals surface area contributed by atoms with Gasteiger partial charge in [-0.25, -0.2) is 13.2 Å². The number of hydrogen-bond donors (Lipinski definition) is 1. The lowest BCUT2D eigenvalue weighted by Crippen LogP contribution is -2.41. The van der Waals surface area contributed by atoms with Crippen molar-refractivity contribution in [2.75, 3.05) is 32.8 Å². The number of carbonyl (C=O) groups excluding carboxylic acids is 1. The van der Waals surface area contributed by atoms with Crippen LogP contribution in [0.5, 0.6) is 0 Å². The zero-order chi connectivity index (χ0) is 18.4. The number of benzene rings is 1. The van der Waals surface area contributed by atoms with Crippen LogP contribution in [0.3, 0.4) is 0 Å². The lowest BCUT2D eigenvalue weighted by molar-refractivity contribution is 0.0526. The van der Waals surface area contributed by atoms with Crippen LogP contribution in [0, 0.1) is 12.8 Å². The summed E-state index contributed by atoms with van der Waals surface area (Å²) < 4.78 is 32.6. The fraction of sp³-hybridized carbons (Fsp3) is 0.611. The van der Waals surface area contributed by atoms with Gasteiger partial charge in [-0.1, -0.05) is 13.0 Å². The molecule has 1 aliphatic heterocycles. The molecule has 2 rings (SSSR count). The van der Waals surface area contributed by atoms with E-state index in [1.54, 1.807) is 26.0 Å². The van der Waals surface area contributed by atoms with E-state index < -0.39 is 16.0 Å². The Morgan fingerprint density at radius 3 is 2.50 bits per heavy atom. The van der Waals surface area contributed by atoms with Crippen molar-refractivity contribution in [1.82, 2.24) is 9.62 Å². The molecule has 1 N–H and O–H groups in total. The van der Waals surface area contributed by atoms with Crippen molar-refractivity contribution >= 4 is 28.4 Å². The number of piperidine rings is 1. The van der Waals surface area contributed by atoms with Crippen LogP contribution in [0.25, 0.3) is 0 Å². The van der Waals surface area contributed by atoms with E-state index in [9.17, 15) is 13.2 Å². The summed E-state index contributed by atoms with van der Waals surface area (Å²) >= 11 is 0. The van der Waals surface area contributed by atoms with Crippen molar-refractivity contribution in [3.8, 4) is 0 Å². The minimum Gasteiger partial charge on any atom is -0.462 e. The Labute approximate surface area is 162 Å². The van der Waals surface area contributed by atoms with Crippen LogP contribution in [0.1, 0.15) is 42.6 Å². The van der Waals surface area contributed by atoms with E-state index in [0.717, 1.165) is 25.9 Å². The predicted octanol–water partition coefficient (Wildman–Crippen LogP) is 2.60. The smallest absolute Gasteiger partial charge is 0.338 e. The maximum absolute atomic E-state index is 13.0. The van der Waals surface area contributed by atoms with Crippen LogP contribution in [0.4, 0.5) is 0 Å². The number of nitrogens with one attached hydrogen (secondary N) is 1. The van der Waals surface area contributed by atoms with Crippen molar-refractivity contribution in [2.45, 2.75) is 38.5 Å². The molecule has 148 valence electrons. The summed E-state index contributed by atoms with van der Waals surface area (Å²) in [4.78, 5) is 12.1. The first-order valence-electron chi connectivity index (χ1n) is 8.88. The normalized spacial score (nSPS) is 16.1. The number of carbonyl (C=O) groups is 1. The molecule has 0 bridgehead atoms. The number of nitrogens with zero attached hydrogens (tertiary/aromatic N) is 1. The Bertz CT molecular complexity index is 701. The van der Waals surface area contributed by atoms with E-state index >= 15 is 0 Å². The van der Waals surface area contributed by atoms with E-state index in [2.05, 4.69) is 12.2 Å². The number of hydrogen-bond acceptors (Lipinski definition) is 5. The molecule has 26 heavy (non-hydrogen) atoms. The van der Waals surface area contributed by atoms with Gasteiger partial charge in [-0.15, -0.1) is 12.4 Å². The average molecular weight is 405 g/mol. The first kappa shape index (κ1) is 22.9. The summed E-state index contributed by atoms with van der Waals surface area (Å²) in [5.74, 6) is 0.0154. The Morgan fingerprint density at radius 2 is 1.92 bits per heavy atom. The molecule has 1 saturated heterocycles. The molecular formula is C18H29ClN2O4S. The zero-order valence-corrected chi connectivity index (χ0v) is 17.3. The topological polar surface area (TPSA) is 75.7 Å². The Hall–Kier alpha value is -1.15. The van der Waals surface area contributed by atoms with Crippen molar-refractivity contribution in [2.24, 2.45) is 5.92 Å². The molecule has 0 spiro atoms. The lowest BCUT2D eigenvalue weighted by atomic mass is 9.98. The third kappa shape index (κ3) is 5.42. The Morgan fingerprint density at radius 1 is 1.27 bits per heavy atom. The van der Waals surface area contributed by atoms with Crippen LogP contribution in [0.15, 0.2) is 23.1 Å². The molecule has 0 aromatic heterocycles. The Kier molecular flexibility index (Phi) is 9.03. The maximum atomic E-state index is 13.0. The molecule has 8 heteroatoms. The first-order chi connectivity index (χ1) is 11.9. The standard InChI is InChI=1S/C18H28N2O4S.ClH/c1-4-19-13-15-8-10-20(11-9-15)25(22,23)17-12-16(7-6-14(17)3)18(21)24-5-2;/h6-7,12,15,19H,4-5,8-11,13H2,1-3H3;1H. The van der Waals surface area contributed by atoms with E-state index in [1.807, 2.05) is 0 Å². The zero-order valence-electron chi connectivity index (χ0n) is 15.7. The second-order valence-corrected chi connectivity index (χ2v) is 8.26. The molecule has 1 aromatic rings. The van der Waals surface area contributed by atoms with Gasteiger partial charge < -0.3 is 10.1 Å². The Balaban J connectivity index is 0.00000338. The van der Waals surface area contributed by atoms with Gasteiger partial charge in [0.2, 0.25) is 10.0 Å². The lowest BCUT2D eigenvalue weighted by Gasteiger charge is -2.31. The minimum atomic E-state index is -3.60. The number of esters is 1. The van der Waals surface area contributed by atoms with Crippen LogP contribution in [0.2, 0.25) is 0 Å². The fourth-order valence-electron chi connectivity index (χ4n) is 3.06. The van der Waals surface area contributed by atoms with Crippen molar-refractivity contribution in [1.29, 1.82) is 0 Å². The van der Waals surface area contributed by atoms with Gasteiger partial charge in [0.15, 0.2) is 0 Å². The SMILES string of the molecule is CCNCC1CCN(S(=O)(=O)c2cc(C(=O)OCC)ccc2C)CC1.Cl. The van der Waals surface area contributed by atoms with Crippen LogP contribution >= 0.6 is 12.4 Å². The second kappa shape index (κ2) is 10.3. The first-order valence-corrected chi connectivity index (χ1v) is 10.3. The molecule has 1 aromatic carbocycles. The van der Waals surface area contributed by atoms with Gasteiger partial charge in [0, 0.05) is 13.1 Å². The molecule has 0 aliphatic carbocycles. The third-order valence-corrected chi connectivity index (χ3v) is 6.61. The third-order valence-electron chi connectivity index (χ3n) is 4.57. The quantitative estimate of drug-likeness (QED) is 0.707. The van der Waals surface area contributed by atoms with Gasteiger partial charge >= 0.3 is 5.97 Å². The molecule has 1 heterocycles. The number of aryl methyl sites for hydroxylation is 1. The summed E-state index contributed by atoms with van der Waals surface area (Å²) in [6, 6.07) is 4.71. The van der Waals surface area contributed by atoms with Gasteiger partial charge in [-0.3, -0.25) is 0 Å². The van der Waals surface area contributed by atoms with Crippen LogP contribution in [-0.4, -0.2) is 51.5 Å². The summed E-state index contributed by atoms with van der Waals surface area (Å²) in [7, 11) is -3.60. The molecule has 6 nitrogen and oxygen atoms in total. The van der Waals surface area contributed by atoms with Gasteiger partial charge in [0.1, 0.15) is 0 Å². The fourth-order valence-corrected chi connectivity index (χ4v) is 4.78. The van der Waals surface area contributed by atoms with Gasteiger partial charge in [0.05, 0.1) is 17.1 Å². The van der Waals surface area contributed by atoms with Crippen LogP contribution < -0.4 is 5.32 Å². The molecular weight excluding hydrogens is 376 g/mol. The number of halogens is 1. The summed E-state index contributed by atoms with van der Waals surface area (Å²) in [5.41, 5.74) is 0.913. The molecule has 0 unspecified atom stereocenters. The summed E-state index contributed by atoms with van der Waals surface area (Å²) in [6.45, 7) is 8.69. The largest absolute Gasteiger partial charge is 0.462 e. The monoisotopic (exact) mass is 404 g/mol. The van der Waals surface area contributed by atoms with Crippen molar-refractivity contribution in [3.63, 3.8) is 0 Å². The second-order valence-electron chi connectivity index (χ2n) is 6.36. The van der Waals surface area contributed by atoms with E-state index in [-0.39, 0.29) is 29.5 Å². The molecule has 0 saturated carbocycles. The maximum Gasteiger partial charge on any atom is 0.338 e. The minimum absolute atomic E-state index is 0. The molecule has 1 fully saturated rings. The van der Waals surface area contributed by atoms with Gasteiger partial charge in [-0.05, 0) is 63.4 Å². The molecule has 0 atom stereocenters. The highest BCUT2D eigenvalue weighted by Crippen LogP contribution is 2.26. The summed E-state index contributed by atoms with van der Waals surface area (Å²) in [6.07, 6.45) is 1.70. The van der Waals surface area contributed by atoms with Crippen molar-refractivity contribution < 1.29 is 17.9 Å². The van der Waals surface area contributed by atoms with E-state index in [4.69, 9.17) is 4.74 Å². The number of ether oxygens (including phenoxy) is 1. The average Bonchev–Trinajstić information content (AvgIpc) is 2.60. The van der Waals surface area contributed by atoms with Crippen LogP contribution in [-0.2, 0) is 14.8 Å². The van der Waals surface area contributed by atoms with Gasteiger partial charge in [-0.2, -0.15) is 4.31 Å². The number of rotatable bonds is 7. The molecule has 0 radical (unpaired) electrons. The van der Waals surface area contributed by atoms with E-state index in [1.165, 1.54) is 10.4 Å². The molecule has 1 aliphatic rings. The number of sulfonamides is 1. The van der Waals surface area contributed by atoms with E-state index in [0.29, 0.717) is 24.6 Å². The highest BCUT2D eigenvalue weighted by Gasteiger charge is 2.30. The highest BCUT2D eigenvalue weighted by atomic mass is 35.5. The highest BCUT2D eigenvalue weighted by molar-refractivity contribution is 7.89.